The molecule has 1 aliphatic rings. The molecule has 7 heteroatoms. The van der Waals surface area contributed by atoms with E-state index in [1.54, 1.807) is 7.11 Å². The van der Waals surface area contributed by atoms with Crippen LogP contribution in [0.2, 0.25) is 0 Å². The van der Waals surface area contributed by atoms with E-state index in [1.807, 2.05) is 39.0 Å². The molecule has 3 rings (SSSR count). The molecule has 0 saturated heterocycles. The van der Waals surface area contributed by atoms with E-state index >= 15 is 0 Å². The van der Waals surface area contributed by atoms with Gasteiger partial charge >= 0.3 is 0 Å². The molecule has 0 aliphatic carbocycles. The number of hydrogen-bond acceptors (Lipinski definition) is 6. The fourth-order valence-electron chi connectivity index (χ4n) is 3.02. The smallest absolute Gasteiger partial charge is 0.254 e. The van der Waals surface area contributed by atoms with Gasteiger partial charge in [0.1, 0.15) is 17.1 Å². The highest BCUT2D eigenvalue weighted by molar-refractivity contribution is 5.94. The van der Waals surface area contributed by atoms with Gasteiger partial charge < -0.3 is 20.1 Å². The average Bonchev–Trinajstić information content (AvgIpc) is 2.61. The zero-order valence-corrected chi connectivity index (χ0v) is 15.5. The van der Waals surface area contributed by atoms with Crippen LogP contribution in [0.15, 0.2) is 30.6 Å². The van der Waals surface area contributed by atoms with Gasteiger partial charge in [0.05, 0.1) is 18.7 Å². The number of nitrogens with one attached hydrogen (secondary N) is 2. The lowest BCUT2D eigenvalue weighted by molar-refractivity contribution is 0.0618. The van der Waals surface area contributed by atoms with E-state index in [-0.39, 0.29) is 17.6 Å². The summed E-state index contributed by atoms with van der Waals surface area (Å²) in [7, 11) is 1.62. The van der Waals surface area contributed by atoms with Crippen molar-refractivity contribution in [2.24, 2.45) is 0 Å². The lowest BCUT2D eigenvalue weighted by Crippen LogP contribution is -2.41. The molecule has 138 valence electrons. The fourth-order valence-corrected chi connectivity index (χ4v) is 3.02. The second kappa shape index (κ2) is 7.19. The summed E-state index contributed by atoms with van der Waals surface area (Å²) in [5.74, 6) is 1.77. The minimum atomic E-state index is -0.384. The first-order chi connectivity index (χ1) is 12.4. The Labute approximate surface area is 153 Å². The summed E-state index contributed by atoms with van der Waals surface area (Å²) in [5, 5.41) is 6.08. The summed E-state index contributed by atoms with van der Waals surface area (Å²) in [5.41, 5.74) is 0.938. The second-order valence-electron chi connectivity index (χ2n) is 6.82. The number of aromatic nitrogens is 2. The molecule has 1 atom stereocenters. The number of benzene rings is 1. The quantitative estimate of drug-likeness (QED) is 0.857. The summed E-state index contributed by atoms with van der Waals surface area (Å²) >= 11 is 0. The Hall–Kier alpha value is -2.83. The molecule has 7 nitrogen and oxygen atoms in total. The van der Waals surface area contributed by atoms with Crippen LogP contribution in [0.25, 0.3) is 0 Å². The SMILES string of the molecule is CCNc1ncc(C(=O)N[C@H]2CC(C)(C)Oc3ccc(OC)cc32)cn1. The van der Waals surface area contributed by atoms with E-state index in [2.05, 4.69) is 20.6 Å². The first kappa shape index (κ1) is 18.0. The highest BCUT2D eigenvalue weighted by atomic mass is 16.5. The van der Waals surface area contributed by atoms with Crippen LogP contribution in [0.1, 0.15) is 49.2 Å². The molecular weight excluding hydrogens is 332 g/mol. The number of carbonyl (C=O) groups excluding carboxylic acids is 1. The van der Waals surface area contributed by atoms with Crippen LogP contribution in [0, 0.1) is 0 Å². The molecule has 1 aromatic heterocycles. The fraction of sp³-hybridized carbons (Fsp3) is 0.421. The van der Waals surface area contributed by atoms with Crippen LogP contribution >= 0.6 is 0 Å². The van der Waals surface area contributed by atoms with Gasteiger partial charge in [-0.05, 0) is 39.0 Å². The largest absolute Gasteiger partial charge is 0.497 e. The number of hydrogen-bond donors (Lipinski definition) is 2. The van der Waals surface area contributed by atoms with Crippen LogP contribution in [0.3, 0.4) is 0 Å². The molecule has 0 radical (unpaired) electrons. The highest BCUT2D eigenvalue weighted by Gasteiger charge is 2.35. The maximum atomic E-state index is 12.7. The molecule has 2 N–H and O–H groups in total. The van der Waals surface area contributed by atoms with Gasteiger partial charge in [0.15, 0.2) is 0 Å². The van der Waals surface area contributed by atoms with Crippen LogP contribution in [-0.2, 0) is 0 Å². The molecule has 2 heterocycles. The lowest BCUT2D eigenvalue weighted by atomic mass is 9.89. The topological polar surface area (TPSA) is 85.4 Å². The van der Waals surface area contributed by atoms with Crippen molar-refractivity contribution in [2.75, 3.05) is 19.0 Å². The van der Waals surface area contributed by atoms with Gasteiger partial charge in [-0.25, -0.2) is 9.97 Å². The van der Waals surface area contributed by atoms with Crippen LogP contribution in [0.5, 0.6) is 11.5 Å². The standard InChI is InChI=1S/C19H24N4O3/c1-5-20-18-21-10-12(11-22-18)17(24)23-15-9-19(2,3)26-16-7-6-13(25-4)8-14(15)16/h6-8,10-11,15H,5,9H2,1-4H3,(H,23,24)(H,20,21,22)/t15-/m0/s1. The molecule has 26 heavy (non-hydrogen) atoms. The molecule has 0 saturated carbocycles. The van der Waals surface area contributed by atoms with Gasteiger partial charge in [0.25, 0.3) is 5.91 Å². The Morgan fingerprint density at radius 3 is 2.73 bits per heavy atom. The molecule has 1 amide bonds. The van der Waals surface area contributed by atoms with Crippen molar-refractivity contribution in [3.8, 4) is 11.5 Å². The summed E-state index contributed by atoms with van der Waals surface area (Å²) in [6, 6.07) is 5.44. The predicted octanol–water partition coefficient (Wildman–Crippen LogP) is 2.95. The van der Waals surface area contributed by atoms with E-state index < -0.39 is 0 Å². The Balaban J connectivity index is 1.83. The average molecular weight is 356 g/mol. The lowest BCUT2D eigenvalue weighted by Gasteiger charge is -2.38. The Bertz CT molecular complexity index is 790. The van der Waals surface area contributed by atoms with E-state index in [0.717, 1.165) is 23.6 Å². The summed E-state index contributed by atoms with van der Waals surface area (Å²) in [6.45, 7) is 6.70. The van der Waals surface area contributed by atoms with Gasteiger partial charge in [0.2, 0.25) is 5.95 Å². The Morgan fingerprint density at radius 1 is 1.35 bits per heavy atom. The van der Waals surface area contributed by atoms with Gasteiger partial charge in [0, 0.05) is 30.9 Å². The molecule has 0 spiro atoms. The normalized spacial score (nSPS) is 17.6. The molecule has 1 aliphatic heterocycles. The predicted molar refractivity (Wildman–Crippen MR) is 98.7 cm³/mol. The van der Waals surface area contributed by atoms with E-state index in [4.69, 9.17) is 9.47 Å². The monoisotopic (exact) mass is 356 g/mol. The number of amides is 1. The molecular formula is C19H24N4O3. The van der Waals surface area contributed by atoms with Crippen LogP contribution < -0.4 is 20.1 Å². The van der Waals surface area contributed by atoms with Crippen molar-refractivity contribution in [2.45, 2.75) is 38.8 Å². The summed E-state index contributed by atoms with van der Waals surface area (Å²) in [4.78, 5) is 21.0. The van der Waals surface area contributed by atoms with Crippen LogP contribution in [-0.4, -0.2) is 35.1 Å². The molecule has 2 aromatic rings. The number of rotatable bonds is 5. The van der Waals surface area contributed by atoms with E-state index in [0.29, 0.717) is 17.9 Å². The summed E-state index contributed by atoms with van der Waals surface area (Å²) in [6.07, 6.45) is 3.70. The van der Waals surface area contributed by atoms with Crippen molar-refractivity contribution < 1.29 is 14.3 Å². The van der Waals surface area contributed by atoms with Gasteiger partial charge in [-0.2, -0.15) is 0 Å². The van der Waals surface area contributed by atoms with Gasteiger partial charge in [-0.3, -0.25) is 4.79 Å². The van der Waals surface area contributed by atoms with Crippen LogP contribution in [0.4, 0.5) is 5.95 Å². The number of fused-ring (bicyclic) bond motifs is 1. The summed E-state index contributed by atoms with van der Waals surface area (Å²) < 4.78 is 11.4. The third-order valence-corrected chi connectivity index (χ3v) is 4.23. The molecule has 0 fully saturated rings. The third kappa shape index (κ3) is 3.87. The first-order valence-corrected chi connectivity index (χ1v) is 8.65. The number of anilines is 1. The third-order valence-electron chi connectivity index (χ3n) is 4.23. The van der Waals surface area contributed by atoms with Gasteiger partial charge in [-0.1, -0.05) is 0 Å². The number of carbonyl (C=O) groups is 1. The Morgan fingerprint density at radius 2 is 2.08 bits per heavy atom. The second-order valence-corrected chi connectivity index (χ2v) is 6.82. The highest BCUT2D eigenvalue weighted by Crippen LogP contribution is 2.41. The minimum Gasteiger partial charge on any atom is -0.497 e. The van der Waals surface area contributed by atoms with Crippen molar-refractivity contribution in [3.05, 3.63) is 41.7 Å². The number of methoxy groups -OCH3 is 1. The van der Waals surface area contributed by atoms with Crippen molar-refractivity contribution in [1.29, 1.82) is 0 Å². The van der Waals surface area contributed by atoms with E-state index in [9.17, 15) is 4.79 Å². The zero-order valence-electron chi connectivity index (χ0n) is 15.5. The molecule has 0 unspecified atom stereocenters. The maximum Gasteiger partial charge on any atom is 0.254 e. The minimum absolute atomic E-state index is 0.190. The van der Waals surface area contributed by atoms with Crippen molar-refractivity contribution >= 4 is 11.9 Å². The zero-order chi connectivity index (χ0) is 18.7. The van der Waals surface area contributed by atoms with Crippen molar-refractivity contribution in [3.63, 3.8) is 0 Å². The molecule has 1 aromatic carbocycles. The number of ether oxygens (including phenoxy) is 2. The maximum absolute atomic E-state index is 12.7. The van der Waals surface area contributed by atoms with E-state index in [1.165, 1.54) is 12.4 Å². The van der Waals surface area contributed by atoms with Crippen molar-refractivity contribution in [1.82, 2.24) is 15.3 Å². The molecule has 0 bridgehead atoms. The first-order valence-electron chi connectivity index (χ1n) is 8.65. The Kier molecular flexibility index (Phi) is 4.97. The number of nitrogens with zero attached hydrogens (tertiary/aromatic N) is 2. The van der Waals surface area contributed by atoms with Gasteiger partial charge in [-0.15, -0.1) is 0 Å².